The maximum atomic E-state index is 6.19. The predicted octanol–water partition coefficient (Wildman–Crippen LogP) is 1.78. The summed E-state index contributed by atoms with van der Waals surface area (Å²) in [6.45, 7) is 3.41. The highest BCUT2D eigenvalue weighted by Gasteiger charge is 2.44. The molecule has 4 fully saturated rings. The molecule has 6 atom stereocenters. The lowest BCUT2D eigenvalue weighted by Crippen LogP contribution is -2.32. The van der Waals surface area contributed by atoms with Crippen molar-refractivity contribution in [3.63, 3.8) is 0 Å². The van der Waals surface area contributed by atoms with Crippen molar-refractivity contribution in [3.8, 4) is 11.1 Å². The fourth-order valence-corrected chi connectivity index (χ4v) is 2.96. The SMILES string of the molecule is C1OC1CC(OC(CC1CO1)C1CO1)C1CO1.c1cc2cc-2c1. The van der Waals surface area contributed by atoms with Gasteiger partial charge in [0, 0.05) is 12.8 Å². The predicted molar refractivity (Wildman–Crippen MR) is 82.3 cm³/mol. The molecule has 124 valence electrons. The molecular formula is C18H22O5. The molecule has 4 aliphatic heterocycles. The van der Waals surface area contributed by atoms with Gasteiger partial charge in [-0.05, 0) is 17.2 Å². The van der Waals surface area contributed by atoms with Crippen molar-refractivity contribution in [2.75, 3.05) is 26.4 Å². The number of fused-ring (bicyclic) bond motifs is 1. The molecule has 6 rings (SSSR count). The van der Waals surface area contributed by atoms with E-state index in [0.29, 0.717) is 12.2 Å². The average Bonchev–Trinajstić information content (AvgIpc) is 3.39. The first-order chi connectivity index (χ1) is 11.3. The number of benzene rings is 1. The van der Waals surface area contributed by atoms with Crippen LogP contribution in [-0.4, -0.2) is 63.1 Å². The van der Waals surface area contributed by atoms with Crippen molar-refractivity contribution in [1.29, 1.82) is 0 Å². The lowest BCUT2D eigenvalue weighted by atomic mass is 10.1. The van der Waals surface area contributed by atoms with Gasteiger partial charge in [0.15, 0.2) is 0 Å². The minimum absolute atomic E-state index is 0.176. The van der Waals surface area contributed by atoms with Crippen LogP contribution in [0.4, 0.5) is 0 Å². The number of ether oxygens (including phenoxy) is 5. The van der Waals surface area contributed by atoms with Crippen molar-refractivity contribution >= 4 is 0 Å². The van der Waals surface area contributed by atoms with E-state index in [1.165, 1.54) is 11.1 Å². The van der Waals surface area contributed by atoms with E-state index in [1.807, 2.05) is 0 Å². The quantitative estimate of drug-likeness (QED) is 0.695. The van der Waals surface area contributed by atoms with Crippen LogP contribution in [-0.2, 0) is 23.7 Å². The van der Waals surface area contributed by atoms with Crippen LogP contribution in [0.3, 0.4) is 0 Å². The second-order valence-electron chi connectivity index (χ2n) is 6.92. The Morgan fingerprint density at radius 1 is 0.826 bits per heavy atom. The standard InChI is InChI=1S/C12H18O5.C6H4/c1(7-3-13-7)9(11-5-15-11)17-10(12-6-16-12)2-8-4-14-8;1-2-5-4-6(5)3-1/h7-12H,1-6H2;1-4H. The first-order valence-corrected chi connectivity index (χ1v) is 8.57. The van der Waals surface area contributed by atoms with Crippen LogP contribution in [0.2, 0.25) is 0 Å². The fourth-order valence-electron chi connectivity index (χ4n) is 2.96. The van der Waals surface area contributed by atoms with Gasteiger partial charge < -0.3 is 23.7 Å². The summed E-state index contributed by atoms with van der Waals surface area (Å²) in [5.41, 5.74) is 2.85. The molecule has 0 aromatic heterocycles. The summed E-state index contributed by atoms with van der Waals surface area (Å²) in [5.74, 6) is 0. The molecule has 5 nitrogen and oxygen atoms in total. The van der Waals surface area contributed by atoms with Crippen LogP contribution in [0.1, 0.15) is 12.8 Å². The summed E-state index contributed by atoms with van der Waals surface area (Å²) >= 11 is 0. The highest BCUT2D eigenvalue weighted by molar-refractivity contribution is 5.80. The van der Waals surface area contributed by atoms with Gasteiger partial charge in [0.25, 0.3) is 0 Å². The van der Waals surface area contributed by atoms with E-state index in [-0.39, 0.29) is 24.4 Å². The Morgan fingerprint density at radius 3 is 1.57 bits per heavy atom. The average molecular weight is 318 g/mol. The normalized spacial score (nSPS) is 36.3. The highest BCUT2D eigenvalue weighted by Crippen LogP contribution is 2.33. The maximum absolute atomic E-state index is 6.19. The topological polar surface area (TPSA) is 59.4 Å². The van der Waals surface area contributed by atoms with Crippen molar-refractivity contribution in [1.82, 2.24) is 0 Å². The largest absolute Gasteiger partial charge is 0.373 e. The van der Waals surface area contributed by atoms with E-state index in [1.54, 1.807) is 0 Å². The number of epoxide rings is 4. The summed E-state index contributed by atoms with van der Waals surface area (Å²) in [7, 11) is 0. The summed E-state index contributed by atoms with van der Waals surface area (Å²) in [5, 5.41) is 0. The number of rotatable bonds is 8. The molecule has 0 aromatic rings. The van der Waals surface area contributed by atoms with Crippen LogP contribution in [0.5, 0.6) is 0 Å². The lowest BCUT2D eigenvalue weighted by molar-refractivity contribution is -0.0500. The van der Waals surface area contributed by atoms with Crippen LogP contribution < -0.4 is 0 Å². The van der Waals surface area contributed by atoms with Gasteiger partial charge >= 0.3 is 0 Å². The van der Waals surface area contributed by atoms with Crippen molar-refractivity contribution in [3.05, 3.63) is 24.3 Å². The van der Waals surface area contributed by atoms with Crippen LogP contribution in [0.25, 0.3) is 11.1 Å². The Labute approximate surface area is 135 Å². The molecule has 0 N–H and O–H groups in total. The fraction of sp³-hybridized carbons (Fsp3) is 0.667. The summed E-state index contributed by atoms with van der Waals surface area (Å²) < 4.78 is 27.5. The van der Waals surface area contributed by atoms with Gasteiger partial charge in [-0.2, -0.15) is 0 Å². The molecule has 4 heterocycles. The Kier molecular flexibility index (Phi) is 3.64. The highest BCUT2D eigenvalue weighted by atomic mass is 16.6. The molecule has 0 spiro atoms. The van der Waals surface area contributed by atoms with Crippen molar-refractivity contribution in [2.45, 2.75) is 49.5 Å². The molecule has 0 bridgehead atoms. The molecule has 0 aromatic carbocycles. The third-order valence-corrected chi connectivity index (χ3v) is 4.80. The summed E-state index contributed by atoms with van der Waals surface area (Å²) in [4.78, 5) is 0. The third kappa shape index (κ3) is 4.11. The molecule has 5 heteroatoms. The van der Waals surface area contributed by atoms with Gasteiger partial charge in [-0.25, -0.2) is 0 Å². The molecule has 4 saturated heterocycles. The van der Waals surface area contributed by atoms with E-state index in [4.69, 9.17) is 23.7 Å². The second-order valence-corrected chi connectivity index (χ2v) is 6.92. The van der Waals surface area contributed by atoms with E-state index in [0.717, 1.165) is 39.3 Å². The van der Waals surface area contributed by atoms with Gasteiger partial charge in [0.1, 0.15) is 12.2 Å². The lowest BCUT2D eigenvalue weighted by Gasteiger charge is -2.22. The zero-order valence-corrected chi connectivity index (χ0v) is 13.1. The first kappa shape index (κ1) is 14.4. The smallest absolute Gasteiger partial charge is 0.107 e. The molecule has 2 aliphatic carbocycles. The third-order valence-electron chi connectivity index (χ3n) is 4.80. The monoisotopic (exact) mass is 318 g/mol. The van der Waals surface area contributed by atoms with Gasteiger partial charge in [-0.15, -0.1) is 0 Å². The minimum atomic E-state index is 0.176. The maximum Gasteiger partial charge on any atom is 0.107 e. The molecule has 6 aliphatic rings. The van der Waals surface area contributed by atoms with Gasteiger partial charge in [0.05, 0.1) is 50.8 Å². The molecule has 0 radical (unpaired) electrons. The Balaban J connectivity index is 0.000000169. The number of hydrogen-bond acceptors (Lipinski definition) is 5. The van der Waals surface area contributed by atoms with E-state index < -0.39 is 0 Å². The van der Waals surface area contributed by atoms with Crippen molar-refractivity contribution in [2.24, 2.45) is 0 Å². The van der Waals surface area contributed by atoms with Crippen molar-refractivity contribution < 1.29 is 23.7 Å². The van der Waals surface area contributed by atoms with Crippen LogP contribution in [0, 0.1) is 0 Å². The Bertz CT molecular complexity index is 515. The van der Waals surface area contributed by atoms with E-state index in [2.05, 4.69) is 24.3 Å². The minimum Gasteiger partial charge on any atom is -0.373 e. The molecule has 23 heavy (non-hydrogen) atoms. The van der Waals surface area contributed by atoms with Gasteiger partial charge in [0.2, 0.25) is 0 Å². The van der Waals surface area contributed by atoms with Gasteiger partial charge in [-0.1, -0.05) is 18.2 Å². The zero-order chi connectivity index (χ0) is 15.2. The van der Waals surface area contributed by atoms with Crippen LogP contribution >= 0.6 is 0 Å². The summed E-state index contributed by atoms with van der Waals surface area (Å²) in [6, 6.07) is 8.48. The zero-order valence-electron chi connectivity index (χ0n) is 13.1. The molecule has 6 unspecified atom stereocenters. The van der Waals surface area contributed by atoms with E-state index in [9.17, 15) is 0 Å². The number of hydrogen-bond donors (Lipinski definition) is 0. The molecule has 0 amide bonds. The molecule has 0 saturated carbocycles. The van der Waals surface area contributed by atoms with Gasteiger partial charge in [-0.3, -0.25) is 0 Å². The second kappa shape index (κ2) is 5.83. The first-order valence-electron chi connectivity index (χ1n) is 8.57. The molecular weight excluding hydrogens is 296 g/mol. The van der Waals surface area contributed by atoms with E-state index >= 15 is 0 Å². The summed E-state index contributed by atoms with van der Waals surface area (Å²) in [6.07, 6.45) is 3.61. The Hall–Kier alpha value is -0.980. The Morgan fingerprint density at radius 2 is 1.30 bits per heavy atom. The van der Waals surface area contributed by atoms with Crippen LogP contribution in [0.15, 0.2) is 24.3 Å².